The van der Waals surface area contributed by atoms with Gasteiger partial charge in [-0.05, 0) is 18.7 Å². The summed E-state index contributed by atoms with van der Waals surface area (Å²) in [5.74, 6) is 0. The molecule has 1 rings (SSSR count). The third-order valence-electron chi connectivity index (χ3n) is 1.67. The van der Waals surface area contributed by atoms with Gasteiger partial charge in [0.05, 0.1) is 6.61 Å². The SMILES string of the molecule is [CH2-]N(CCO)Cc1ccccc1. The Bertz CT molecular complexity index is 210. The quantitative estimate of drug-likeness (QED) is 0.677. The molecule has 0 saturated carbocycles. The molecule has 0 saturated heterocycles. The first-order valence-electron chi connectivity index (χ1n) is 4.03. The summed E-state index contributed by atoms with van der Waals surface area (Å²) >= 11 is 0. The molecule has 66 valence electrons. The lowest BCUT2D eigenvalue weighted by molar-refractivity contribution is 0.231. The van der Waals surface area contributed by atoms with Gasteiger partial charge in [0.1, 0.15) is 0 Å². The zero-order valence-electron chi connectivity index (χ0n) is 7.11. The van der Waals surface area contributed by atoms with Gasteiger partial charge >= 0.3 is 0 Å². The van der Waals surface area contributed by atoms with E-state index in [1.54, 1.807) is 0 Å². The summed E-state index contributed by atoms with van der Waals surface area (Å²) in [6.45, 7) is 1.58. The Morgan fingerprint density at radius 3 is 2.50 bits per heavy atom. The van der Waals surface area contributed by atoms with Crippen LogP contribution in [0.4, 0.5) is 0 Å². The van der Waals surface area contributed by atoms with Crippen molar-refractivity contribution in [3.8, 4) is 0 Å². The highest BCUT2D eigenvalue weighted by Crippen LogP contribution is 2.02. The van der Waals surface area contributed by atoms with Crippen molar-refractivity contribution < 1.29 is 5.11 Å². The number of rotatable bonds is 4. The molecule has 12 heavy (non-hydrogen) atoms. The lowest BCUT2D eigenvalue weighted by Crippen LogP contribution is -2.19. The summed E-state index contributed by atoms with van der Waals surface area (Å²) in [5.41, 5.74) is 1.22. The highest BCUT2D eigenvalue weighted by molar-refractivity contribution is 5.14. The van der Waals surface area contributed by atoms with Crippen molar-refractivity contribution >= 4 is 0 Å². The third-order valence-corrected chi connectivity index (χ3v) is 1.67. The summed E-state index contributed by atoms with van der Waals surface area (Å²) in [6, 6.07) is 10.1. The van der Waals surface area contributed by atoms with Gasteiger partial charge in [-0.1, -0.05) is 30.3 Å². The highest BCUT2D eigenvalue weighted by atomic mass is 16.3. The van der Waals surface area contributed by atoms with Gasteiger partial charge in [-0.3, -0.25) is 7.05 Å². The van der Waals surface area contributed by atoms with Crippen LogP contribution in [0.15, 0.2) is 30.3 Å². The molecule has 0 aromatic heterocycles. The van der Waals surface area contributed by atoms with E-state index in [1.807, 2.05) is 23.1 Å². The molecular formula is C10H14NO-. The Labute approximate surface area is 73.4 Å². The molecule has 1 N–H and O–H groups in total. The Morgan fingerprint density at radius 1 is 1.25 bits per heavy atom. The average Bonchev–Trinajstić information content (AvgIpc) is 2.06. The fourth-order valence-corrected chi connectivity index (χ4v) is 1.06. The summed E-state index contributed by atoms with van der Waals surface area (Å²) in [6.07, 6.45) is 0. The van der Waals surface area contributed by atoms with Crippen LogP contribution in [-0.4, -0.2) is 23.2 Å². The molecule has 1 aromatic rings. The van der Waals surface area contributed by atoms with Gasteiger partial charge in [-0.15, -0.1) is 0 Å². The number of nitrogens with zero attached hydrogens (tertiary/aromatic N) is 1. The van der Waals surface area contributed by atoms with E-state index in [2.05, 4.69) is 19.2 Å². The van der Waals surface area contributed by atoms with Crippen molar-refractivity contribution in [1.82, 2.24) is 4.90 Å². The molecule has 0 aliphatic rings. The predicted molar refractivity (Wildman–Crippen MR) is 49.3 cm³/mol. The molecule has 1 aromatic carbocycles. The summed E-state index contributed by atoms with van der Waals surface area (Å²) in [4.78, 5) is 1.84. The standard InChI is InChI=1S/C10H14NO/c1-11(7-8-12)9-10-5-3-2-4-6-10/h2-6,12H,1,7-9H2/q-1. The van der Waals surface area contributed by atoms with Gasteiger partial charge in [-0.25, -0.2) is 0 Å². The fourth-order valence-electron chi connectivity index (χ4n) is 1.06. The Kier molecular flexibility index (Phi) is 3.77. The number of hydrogen-bond donors (Lipinski definition) is 1. The second-order valence-corrected chi connectivity index (χ2v) is 2.76. The second kappa shape index (κ2) is 4.91. The van der Waals surface area contributed by atoms with Crippen molar-refractivity contribution in [2.75, 3.05) is 13.2 Å². The molecule has 0 spiro atoms. The molecule has 0 radical (unpaired) electrons. The van der Waals surface area contributed by atoms with Crippen molar-refractivity contribution in [2.24, 2.45) is 0 Å². The van der Waals surface area contributed by atoms with Crippen LogP contribution in [-0.2, 0) is 6.54 Å². The largest absolute Gasteiger partial charge is 0.454 e. The Hall–Kier alpha value is -0.860. The molecular weight excluding hydrogens is 150 g/mol. The Balaban J connectivity index is 2.41. The van der Waals surface area contributed by atoms with Gasteiger partial charge in [0.15, 0.2) is 0 Å². The zero-order valence-corrected chi connectivity index (χ0v) is 7.11. The van der Waals surface area contributed by atoms with Gasteiger partial charge < -0.3 is 10.0 Å². The zero-order chi connectivity index (χ0) is 8.81. The molecule has 0 bridgehead atoms. The van der Waals surface area contributed by atoms with Crippen molar-refractivity contribution in [2.45, 2.75) is 6.54 Å². The number of aliphatic hydroxyl groups excluding tert-OH is 1. The molecule has 0 aliphatic heterocycles. The van der Waals surface area contributed by atoms with E-state index in [0.29, 0.717) is 6.54 Å². The lowest BCUT2D eigenvalue weighted by atomic mass is 10.2. The van der Waals surface area contributed by atoms with E-state index < -0.39 is 0 Å². The minimum atomic E-state index is 0.163. The van der Waals surface area contributed by atoms with Crippen molar-refractivity contribution in [1.29, 1.82) is 0 Å². The average molecular weight is 164 g/mol. The maximum absolute atomic E-state index is 8.63. The van der Waals surface area contributed by atoms with E-state index >= 15 is 0 Å². The molecule has 0 fully saturated rings. The molecule has 0 atom stereocenters. The molecule has 0 aliphatic carbocycles. The molecule has 0 heterocycles. The summed E-state index contributed by atoms with van der Waals surface area (Å²) in [7, 11) is 3.80. The maximum Gasteiger partial charge on any atom is 0.0534 e. The van der Waals surface area contributed by atoms with E-state index in [9.17, 15) is 0 Å². The number of aliphatic hydroxyl groups is 1. The normalized spacial score (nSPS) is 10.6. The van der Waals surface area contributed by atoms with Gasteiger partial charge in [0, 0.05) is 0 Å². The van der Waals surface area contributed by atoms with Crippen LogP contribution in [0.5, 0.6) is 0 Å². The van der Waals surface area contributed by atoms with E-state index in [0.717, 1.165) is 6.54 Å². The maximum atomic E-state index is 8.63. The fraction of sp³-hybridized carbons (Fsp3) is 0.300. The minimum absolute atomic E-state index is 0.163. The van der Waals surface area contributed by atoms with Crippen LogP contribution in [0, 0.1) is 7.05 Å². The number of hydrogen-bond acceptors (Lipinski definition) is 2. The minimum Gasteiger partial charge on any atom is -0.454 e. The van der Waals surface area contributed by atoms with Crippen LogP contribution in [0.25, 0.3) is 0 Å². The summed E-state index contributed by atoms with van der Waals surface area (Å²) in [5, 5.41) is 8.63. The molecule has 2 heteroatoms. The predicted octanol–water partition coefficient (Wildman–Crippen LogP) is 1.27. The van der Waals surface area contributed by atoms with Crippen LogP contribution < -0.4 is 0 Å². The lowest BCUT2D eigenvalue weighted by Gasteiger charge is -2.23. The Morgan fingerprint density at radius 2 is 1.92 bits per heavy atom. The first-order valence-corrected chi connectivity index (χ1v) is 4.03. The summed E-state index contributed by atoms with van der Waals surface area (Å²) < 4.78 is 0. The molecule has 0 amide bonds. The van der Waals surface area contributed by atoms with Crippen LogP contribution in [0.3, 0.4) is 0 Å². The van der Waals surface area contributed by atoms with Crippen LogP contribution >= 0.6 is 0 Å². The van der Waals surface area contributed by atoms with Crippen molar-refractivity contribution in [3.05, 3.63) is 42.9 Å². The topological polar surface area (TPSA) is 23.5 Å². The van der Waals surface area contributed by atoms with Crippen molar-refractivity contribution in [3.63, 3.8) is 0 Å². The van der Waals surface area contributed by atoms with E-state index in [1.165, 1.54) is 5.56 Å². The van der Waals surface area contributed by atoms with Gasteiger partial charge in [0.25, 0.3) is 0 Å². The first-order chi connectivity index (χ1) is 5.83. The van der Waals surface area contributed by atoms with E-state index in [4.69, 9.17) is 5.11 Å². The van der Waals surface area contributed by atoms with Crippen LogP contribution in [0.1, 0.15) is 5.56 Å². The number of benzene rings is 1. The molecule has 2 nitrogen and oxygen atoms in total. The smallest absolute Gasteiger partial charge is 0.0534 e. The first kappa shape index (κ1) is 9.23. The van der Waals surface area contributed by atoms with Gasteiger partial charge in [0.2, 0.25) is 0 Å². The van der Waals surface area contributed by atoms with E-state index in [-0.39, 0.29) is 6.61 Å². The second-order valence-electron chi connectivity index (χ2n) is 2.76. The molecule has 0 unspecified atom stereocenters. The monoisotopic (exact) mass is 164 g/mol. The third kappa shape index (κ3) is 3.03. The highest BCUT2D eigenvalue weighted by Gasteiger charge is 1.91. The van der Waals surface area contributed by atoms with Gasteiger partial charge in [-0.2, -0.15) is 0 Å². The van der Waals surface area contributed by atoms with Crippen LogP contribution in [0.2, 0.25) is 0 Å².